The summed E-state index contributed by atoms with van der Waals surface area (Å²) in [6.07, 6.45) is -17.3. The summed E-state index contributed by atoms with van der Waals surface area (Å²) in [5.41, 5.74) is -1.89. The molecule has 2 saturated carbocycles. The Morgan fingerprint density at radius 1 is 1.18 bits per heavy atom. The van der Waals surface area contributed by atoms with E-state index in [-0.39, 0.29) is 18.4 Å². The Morgan fingerprint density at radius 2 is 1.75 bits per heavy atom. The number of esters is 3. The molecule has 6 nitrogen and oxygen atoms in total. The molecule has 12 heteroatoms. The van der Waals surface area contributed by atoms with Crippen molar-refractivity contribution >= 4 is 17.9 Å². The Bertz CT molecular complexity index is 725. The number of rotatable bonds is 4. The van der Waals surface area contributed by atoms with Gasteiger partial charge < -0.3 is 14.2 Å². The molecule has 1 saturated heterocycles. The number of carbonyl (C=O) groups is 3. The van der Waals surface area contributed by atoms with Crippen LogP contribution in [0.15, 0.2) is 12.2 Å². The fourth-order valence-corrected chi connectivity index (χ4v) is 4.25. The van der Waals surface area contributed by atoms with Crippen LogP contribution in [-0.4, -0.2) is 48.1 Å². The largest absolute Gasteiger partial charge is 0.462 e. The van der Waals surface area contributed by atoms with Crippen LogP contribution >= 0.6 is 0 Å². The van der Waals surface area contributed by atoms with Crippen molar-refractivity contribution in [2.24, 2.45) is 17.8 Å². The summed E-state index contributed by atoms with van der Waals surface area (Å²) in [5, 5.41) is 0. The molecule has 1 aliphatic heterocycles. The van der Waals surface area contributed by atoms with Crippen molar-refractivity contribution in [1.82, 2.24) is 0 Å². The lowest BCUT2D eigenvalue weighted by Gasteiger charge is -2.35. The van der Waals surface area contributed by atoms with Crippen LogP contribution in [0, 0.1) is 17.8 Å². The molecule has 0 aromatic heterocycles. The van der Waals surface area contributed by atoms with Gasteiger partial charge in [0.2, 0.25) is 0 Å². The van der Waals surface area contributed by atoms with Crippen LogP contribution in [0.4, 0.5) is 26.3 Å². The highest BCUT2D eigenvalue weighted by molar-refractivity contribution is 5.90. The predicted octanol–water partition coefficient (Wildman–Crippen LogP) is 2.46. The molecule has 28 heavy (non-hydrogen) atoms. The molecule has 0 aromatic rings. The van der Waals surface area contributed by atoms with E-state index in [9.17, 15) is 40.7 Å². The molecule has 5 atom stereocenters. The van der Waals surface area contributed by atoms with Crippen molar-refractivity contribution in [3.63, 3.8) is 0 Å². The van der Waals surface area contributed by atoms with E-state index in [4.69, 9.17) is 9.47 Å². The zero-order chi connectivity index (χ0) is 21.2. The third-order valence-electron chi connectivity index (χ3n) is 5.26. The summed E-state index contributed by atoms with van der Waals surface area (Å²) < 4.78 is 90.5. The maximum Gasteiger partial charge on any atom is 0.434 e. The van der Waals surface area contributed by atoms with Gasteiger partial charge >= 0.3 is 30.3 Å². The van der Waals surface area contributed by atoms with Crippen LogP contribution < -0.4 is 0 Å². The number of ether oxygens (including phenoxy) is 3. The maximum atomic E-state index is 12.7. The average molecular weight is 416 g/mol. The molecule has 0 radical (unpaired) electrons. The molecular formula is C16H14F6O6. The third-order valence-corrected chi connectivity index (χ3v) is 5.26. The number of hydrogen-bond donors (Lipinski definition) is 0. The Balaban J connectivity index is 1.93. The van der Waals surface area contributed by atoms with Gasteiger partial charge in [0.1, 0.15) is 17.6 Å². The molecule has 2 bridgehead atoms. The number of hydrogen-bond acceptors (Lipinski definition) is 6. The van der Waals surface area contributed by atoms with E-state index in [1.165, 1.54) is 6.92 Å². The van der Waals surface area contributed by atoms with Gasteiger partial charge in [0.25, 0.3) is 6.10 Å². The number of alkyl halides is 6. The standard InChI is InChI=1S/C16H14F6O6/c1-5(2)10(23)28-14-3-6-7(4-14)26-11(24)8(6)9(14)12(25)27-13(15(17,18)19)16(20,21)22/h6-9,13H,1,3-4H2,2H3. The molecule has 5 unspecified atom stereocenters. The summed E-state index contributed by atoms with van der Waals surface area (Å²) in [6, 6.07) is 0. The van der Waals surface area contributed by atoms with E-state index >= 15 is 0 Å². The lowest BCUT2D eigenvalue weighted by atomic mass is 9.77. The van der Waals surface area contributed by atoms with Gasteiger partial charge in [0.15, 0.2) is 0 Å². The van der Waals surface area contributed by atoms with Crippen LogP contribution in [0.5, 0.6) is 0 Å². The molecule has 0 amide bonds. The quantitative estimate of drug-likeness (QED) is 0.303. The van der Waals surface area contributed by atoms with Gasteiger partial charge in [-0.2, -0.15) is 26.3 Å². The smallest absolute Gasteiger partial charge is 0.434 e. The van der Waals surface area contributed by atoms with Crippen molar-refractivity contribution in [3.05, 3.63) is 12.2 Å². The van der Waals surface area contributed by atoms with Crippen LogP contribution in [0.1, 0.15) is 19.8 Å². The molecule has 0 aromatic carbocycles. The Hall–Kier alpha value is -2.27. The molecule has 1 heterocycles. The van der Waals surface area contributed by atoms with Crippen LogP contribution in [-0.2, 0) is 28.6 Å². The minimum atomic E-state index is -5.91. The van der Waals surface area contributed by atoms with Crippen molar-refractivity contribution in [2.75, 3.05) is 0 Å². The maximum absolute atomic E-state index is 12.7. The first-order valence-electron chi connectivity index (χ1n) is 8.10. The van der Waals surface area contributed by atoms with E-state index in [0.29, 0.717) is 0 Å². The van der Waals surface area contributed by atoms with Gasteiger partial charge in [-0.15, -0.1) is 0 Å². The molecule has 3 fully saturated rings. The fraction of sp³-hybridized carbons (Fsp3) is 0.688. The summed E-state index contributed by atoms with van der Waals surface area (Å²) in [4.78, 5) is 36.3. The topological polar surface area (TPSA) is 78.9 Å². The molecule has 3 aliphatic rings. The molecular weight excluding hydrogens is 402 g/mol. The average Bonchev–Trinajstić information content (AvgIpc) is 3.07. The van der Waals surface area contributed by atoms with Gasteiger partial charge in [-0.05, 0) is 13.3 Å². The highest BCUT2D eigenvalue weighted by Crippen LogP contribution is 2.62. The zero-order valence-electron chi connectivity index (χ0n) is 14.2. The van der Waals surface area contributed by atoms with E-state index in [2.05, 4.69) is 11.3 Å². The Labute approximate surface area is 153 Å². The first-order valence-corrected chi connectivity index (χ1v) is 8.10. The van der Waals surface area contributed by atoms with Crippen molar-refractivity contribution in [1.29, 1.82) is 0 Å². The van der Waals surface area contributed by atoms with Gasteiger partial charge in [-0.3, -0.25) is 9.59 Å². The van der Waals surface area contributed by atoms with E-state index < -0.39 is 65.8 Å². The van der Waals surface area contributed by atoms with Gasteiger partial charge in [-0.25, -0.2) is 4.79 Å². The monoisotopic (exact) mass is 416 g/mol. The van der Waals surface area contributed by atoms with Crippen molar-refractivity contribution in [2.45, 2.75) is 49.9 Å². The predicted molar refractivity (Wildman–Crippen MR) is 75.2 cm³/mol. The minimum Gasteiger partial charge on any atom is -0.462 e. The lowest BCUT2D eigenvalue weighted by molar-refractivity contribution is -0.315. The SMILES string of the molecule is C=C(C)C(=O)OC12CC3OC(=O)C(C3C1)C2C(=O)OC(C(F)(F)F)C(F)(F)F. The van der Waals surface area contributed by atoms with Crippen LogP contribution in [0.2, 0.25) is 0 Å². The van der Waals surface area contributed by atoms with Gasteiger partial charge in [-0.1, -0.05) is 6.58 Å². The van der Waals surface area contributed by atoms with E-state index in [0.717, 1.165) is 0 Å². The molecule has 0 N–H and O–H groups in total. The Kier molecular flexibility index (Phi) is 4.47. The number of carbonyl (C=O) groups excluding carboxylic acids is 3. The Morgan fingerprint density at radius 3 is 2.25 bits per heavy atom. The highest BCUT2D eigenvalue weighted by atomic mass is 19.4. The lowest BCUT2D eigenvalue weighted by Crippen LogP contribution is -2.52. The second-order valence-corrected chi connectivity index (χ2v) is 7.19. The van der Waals surface area contributed by atoms with Crippen molar-refractivity contribution in [3.8, 4) is 0 Å². The van der Waals surface area contributed by atoms with Gasteiger partial charge in [0.05, 0.1) is 5.92 Å². The number of halogens is 6. The molecule has 156 valence electrons. The summed E-state index contributed by atoms with van der Waals surface area (Å²) in [5.74, 6) is -7.70. The second kappa shape index (κ2) is 6.11. The zero-order valence-corrected chi connectivity index (χ0v) is 14.2. The molecule has 2 aliphatic carbocycles. The summed E-state index contributed by atoms with van der Waals surface area (Å²) >= 11 is 0. The summed E-state index contributed by atoms with van der Waals surface area (Å²) in [6.45, 7) is 4.61. The minimum absolute atomic E-state index is 0.0973. The third kappa shape index (κ3) is 3.12. The van der Waals surface area contributed by atoms with Crippen LogP contribution in [0.3, 0.4) is 0 Å². The first-order chi connectivity index (χ1) is 12.7. The number of fused-ring (bicyclic) bond motifs is 1. The fourth-order valence-electron chi connectivity index (χ4n) is 4.25. The highest BCUT2D eigenvalue weighted by Gasteiger charge is 2.74. The second-order valence-electron chi connectivity index (χ2n) is 7.19. The van der Waals surface area contributed by atoms with Crippen molar-refractivity contribution < 1.29 is 54.9 Å². The normalized spacial score (nSPS) is 33.8. The molecule has 0 spiro atoms. The molecule has 3 rings (SSSR count). The van der Waals surface area contributed by atoms with Crippen LogP contribution in [0.25, 0.3) is 0 Å². The first kappa shape index (κ1) is 20.5. The van der Waals surface area contributed by atoms with Gasteiger partial charge in [0, 0.05) is 17.9 Å². The summed E-state index contributed by atoms with van der Waals surface area (Å²) in [7, 11) is 0. The van der Waals surface area contributed by atoms with E-state index in [1.54, 1.807) is 0 Å². The van der Waals surface area contributed by atoms with E-state index in [1.807, 2.05) is 0 Å².